The summed E-state index contributed by atoms with van der Waals surface area (Å²) in [5, 5.41) is 10.8. The zero-order valence-electron chi connectivity index (χ0n) is 7.04. The van der Waals surface area contributed by atoms with Crippen LogP contribution in [0.15, 0.2) is 12.2 Å². The second kappa shape index (κ2) is 6.39. The first-order chi connectivity index (χ1) is 5.66. The van der Waals surface area contributed by atoms with Crippen molar-refractivity contribution in [1.29, 1.82) is 0 Å². The van der Waals surface area contributed by atoms with Crippen LogP contribution in [0.25, 0.3) is 0 Å². The maximum absolute atomic E-state index is 10.7. The minimum atomic E-state index is -0.838. The molecule has 4 heteroatoms. The number of rotatable bonds is 5. The third-order valence-electron chi connectivity index (χ3n) is 1.18. The topological polar surface area (TPSA) is 66.4 Å². The Balaban J connectivity index is 3.31. The van der Waals surface area contributed by atoms with E-state index in [1.54, 1.807) is 13.0 Å². The summed E-state index contributed by atoms with van der Waals surface area (Å²) in [6.45, 7) is 2.16. The third-order valence-corrected chi connectivity index (χ3v) is 1.18. The van der Waals surface area contributed by atoms with E-state index < -0.39 is 5.97 Å². The van der Waals surface area contributed by atoms with Gasteiger partial charge in [-0.3, -0.25) is 9.59 Å². The minimum absolute atomic E-state index is 0.0934. The van der Waals surface area contributed by atoms with E-state index in [4.69, 9.17) is 5.11 Å². The van der Waals surface area contributed by atoms with Crippen LogP contribution in [0.5, 0.6) is 0 Å². The monoisotopic (exact) mass is 171 g/mol. The maximum Gasteiger partial charge on any atom is 0.303 e. The Morgan fingerprint density at radius 2 is 2.17 bits per heavy atom. The van der Waals surface area contributed by atoms with Crippen LogP contribution in [0.4, 0.5) is 0 Å². The molecule has 0 fully saturated rings. The Hall–Kier alpha value is -1.32. The molecule has 0 spiro atoms. The summed E-state index contributed by atoms with van der Waals surface area (Å²) in [7, 11) is 0. The fraction of sp³-hybridized carbons (Fsp3) is 0.500. The van der Waals surface area contributed by atoms with Crippen LogP contribution >= 0.6 is 0 Å². The standard InChI is InChI=1S/C8H13NO3/c1-2-4-7(10)9-6-3-5-8(11)12/h2,4H,3,5-6H2,1H3,(H,9,10)(H,11,12)/b4-2+. The van der Waals surface area contributed by atoms with E-state index in [-0.39, 0.29) is 12.3 Å². The second-order valence-corrected chi connectivity index (χ2v) is 2.29. The maximum atomic E-state index is 10.7. The van der Waals surface area contributed by atoms with E-state index in [9.17, 15) is 9.59 Å². The summed E-state index contributed by atoms with van der Waals surface area (Å²) in [6.07, 6.45) is 3.60. The highest BCUT2D eigenvalue weighted by molar-refractivity contribution is 5.87. The van der Waals surface area contributed by atoms with Crippen molar-refractivity contribution in [2.45, 2.75) is 19.8 Å². The van der Waals surface area contributed by atoms with Gasteiger partial charge in [0.25, 0.3) is 0 Å². The van der Waals surface area contributed by atoms with E-state index in [0.717, 1.165) is 0 Å². The number of hydrogen-bond acceptors (Lipinski definition) is 2. The lowest BCUT2D eigenvalue weighted by Gasteiger charge is -1.98. The van der Waals surface area contributed by atoms with Crippen LogP contribution in [0.2, 0.25) is 0 Å². The summed E-state index contributed by atoms with van der Waals surface area (Å²) in [6, 6.07) is 0. The number of aliphatic carboxylic acids is 1. The molecule has 0 aromatic heterocycles. The number of nitrogens with one attached hydrogen (secondary N) is 1. The van der Waals surface area contributed by atoms with E-state index in [0.29, 0.717) is 13.0 Å². The highest BCUT2D eigenvalue weighted by atomic mass is 16.4. The molecule has 0 aromatic rings. The number of carboxylic acids is 1. The molecular weight excluding hydrogens is 158 g/mol. The normalized spacial score (nSPS) is 10.1. The van der Waals surface area contributed by atoms with Crippen molar-refractivity contribution in [2.24, 2.45) is 0 Å². The second-order valence-electron chi connectivity index (χ2n) is 2.29. The molecule has 1 amide bonds. The quantitative estimate of drug-likeness (QED) is 0.468. The zero-order chi connectivity index (χ0) is 9.40. The smallest absolute Gasteiger partial charge is 0.303 e. The SMILES string of the molecule is C/C=C/C(=O)NCCCC(=O)O. The van der Waals surface area contributed by atoms with Gasteiger partial charge in [0.1, 0.15) is 0 Å². The van der Waals surface area contributed by atoms with Crippen molar-refractivity contribution in [3.63, 3.8) is 0 Å². The van der Waals surface area contributed by atoms with Gasteiger partial charge >= 0.3 is 5.97 Å². The molecule has 0 aromatic carbocycles. The molecule has 0 saturated heterocycles. The first kappa shape index (κ1) is 10.7. The molecular formula is C8H13NO3. The number of carboxylic acid groups (broad SMARTS) is 1. The molecule has 0 aliphatic rings. The Bertz CT molecular complexity index is 187. The highest BCUT2D eigenvalue weighted by Gasteiger charge is 1.97. The lowest BCUT2D eigenvalue weighted by molar-refractivity contribution is -0.137. The van der Waals surface area contributed by atoms with Crippen molar-refractivity contribution < 1.29 is 14.7 Å². The summed E-state index contributed by atoms with van der Waals surface area (Å²) in [4.78, 5) is 20.8. The van der Waals surface area contributed by atoms with E-state index in [2.05, 4.69) is 5.32 Å². The molecule has 0 bridgehead atoms. The Morgan fingerprint density at radius 3 is 2.67 bits per heavy atom. The highest BCUT2D eigenvalue weighted by Crippen LogP contribution is 1.85. The Morgan fingerprint density at radius 1 is 1.50 bits per heavy atom. The molecule has 2 N–H and O–H groups in total. The molecule has 0 saturated carbocycles. The molecule has 0 unspecified atom stereocenters. The number of hydrogen-bond donors (Lipinski definition) is 2. The van der Waals surface area contributed by atoms with Crippen LogP contribution in [0.1, 0.15) is 19.8 Å². The van der Waals surface area contributed by atoms with Gasteiger partial charge in [-0.05, 0) is 19.4 Å². The molecule has 0 heterocycles. The predicted molar refractivity (Wildman–Crippen MR) is 44.7 cm³/mol. The third kappa shape index (κ3) is 6.80. The van der Waals surface area contributed by atoms with Gasteiger partial charge in [0.2, 0.25) is 5.91 Å². The number of carbonyl (C=O) groups is 2. The van der Waals surface area contributed by atoms with Crippen molar-refractivity contribution in [2.75, 3.05) is 6.54 Å². The minimum Gasteiger partial charge on any atom is -0.481 e. The number of allylic oxidation sites excluding steroid dienone is 1. The fourth-order valence-corrected chi connectivity index (χ4v) is 0.662. The van der Waals surface area contributed by atoms with Crippen molar-refractivity contribution in [3.8, 4) is 0 Å². The summed E-state index contributed by atoms with van der Waals surface area (Å²) < 4.78 is 0. The van der Waals surface area contributed by atoms with Crippen LogP contribution in [-0.4, -0.2) is 23.5 Å². The van der Waals surface area contributed by atoms with E-state index in [1.807, 2.05) is 0 Å². The molecule has 4 nitrogen and oxygen atoms in total. The van der Waals surface area contributed by atoms with E-state index in [1.165, 1.54) is 6.08 Å². The summed E-state index contributed by atoms with van der Waals surface area (Å²) >= 11 is 0. The van der Waals surface area contributed by atoms with Gasteiger partial charge in [-0.25, -0.2) is 0 Å². The lowest BCUT2D eigenvalue weighted by atomic mass is 10.3. The Kier molecular flexibility index (Phi) is 5.69. The molecule has 68 valence electrons. The van der Waals surface area contributed by atoms with Crippen molar-refractivity contribution >= 4 is 11.9 Å². The molecule has 0 aliphatic carbocycles. The molecule has 0 rings (SSSR count). The molecule has 0 radical (unpaired) electrons. The average molecular weight is 171 g/mol. The van der Waals surface area contributed by atoms with Crippen LogP contribution in [0, 0.1) is 0 Å². The number of amides is 1. The first-order valence-corrected chi connectivity index (χ1v) is 3.79. The molecule has 12 heavy (non-hydrogen) atoms. The fourth-order valence-electron chi connectivity index (χ4n) is 0.662. The van der Waals surface area contributed by atoms with Gasteiger partial charge in [-0.15, -0.1) is 0 Å². The van der Waals surface area contributed by atoms with Gasteiger partial charge < -0.3 is 10.4 Å². The van der Waals surface area contributed by atoms with Crippen LogP contribution in [0.3, 0.4) is 0 Å². The zero-order valence-corrected chi connectivity index (χ0v) is 7.04. The molecule has 0 aliphatic heterocycles. The Labute approximate surface area is 71.3 Å². The van der Waals surface area contributed by atoms with Gasteiger partial charge in [0.15, 0.2) is 0 Å². The van der Waals surface area contributed by atoms with Gasteiger partial charge in [-0.2, -0.15) is 0 Å². The van der Waals surface area contributed by atoms with Crippen LogP contribution in [-0.2, 0) is 9.59 Å². The van der Waals surface area contributed by atoms with E-state index >= 15 is 0 Å². The lowest BCUT2D eigenvalue weighted by Crippen LogP contribution is -2.22. The largest absolute Gasteiger partial charge is 0.481 e. The number of carbonyl (C=O) groups excluding carboxylic acids is 1. The van der Waals surface area contributed by atoms with Gasteiger partial charge in [0.05, 0.1) is 0 Å². The predicted octanol–water partition coefficient (Wildman–Crippen LogP) is 0.544. The van der Waals surface area contributed by atoms with Crippen molar-refractivity contribution in [1.82, 2.24) is 5.32 Å². The van der Waals surface area contributed by atoms with Crippen molar-refractivity contribution in [3.05, 3.63) is 12.2 Å². The average Bonchev–Trinajstić information content (AvgIpc) is 1.98. The summed E-state index contributed by atoms with van der Waals surface area (Å²) in [5.74, 6) is -1.02. The first-order valence-electron chi connectivity index (χ1n) is 3.79. The van der Waals surface area contributed by atoms with Gasteiger partial charge in [-0.1, -0.05) is 6.08 Å². The summed E-state index contributed by atoms with van der Waals surface area (Å²) in [5.41, 5.74) is 0. The molecule has 0 atom stereocenters. The van der Waals surface area contributed by atoms with Gasteiger partial charge in [0, 0.05) is 13.0 Å². The van der Waals surface area contributed by atoms with Crippen LogP contribution < -0.4 is 5.32 Å².